The number of nitrogens with zero attached hydrogens (tertiary/aromatic N) is 3. The number of carbonyl (C=O) groups excluding carboxylic acids is 3. The molecule has 1 aromatic carbocycles. The zero-order valence-corrected chi connectivity index (χ0v) is 15.9. The molecule has 6 nitrogen and oxygen atoms in total. The van der Waals surface area contributed by atoms with E-state index in [0.29, 0.717) is 51.1 Å². The number of carbonyl (C=O) groups is 3. The van der Waals surface area contributed by atoms with Crippen LogP contribution in [-0.2, 0) is 14.4 Å². The van der Waals surface area contributed by atoms with Crippen molar-refractivity contribution in [2.24, 2.45) is 5.92 Å². The lowest BCUT2D eigenvalue weighted by molar-refractivity contribution is -0.150. The molecule has 2 fully saturated rings. The second-order valence-electron chi connectivity index (χ2n) is 7.12. The third kappa shape index (κ3) is 3.82. The van der Waals surface area contributed by atoms with Crippen molar-refractivity contribution in [3.8, 4) is 0 Å². The molecule has 27 heavy (non-hydrogen) atoms. The van der Waals surface area contributed by atoms with Gasteiger partial charge in [-0.3, -0.25) is 14.4 Å². The van der Waals surface area contributed by atoms with Gasteiger partial charge in [0.15, 0.2) is 0 Å². The Hall–Kier alpha value is -2.44. The molecule has 2 aliphatic heterocycles. The molecule has 0 bridgehead atoms. The summed E-state index contributed by atoms with van der Waals surface area (Å²) >= 11 is 0. The highest BCUT2D eigenvalue weighted by atomic mass is 19.1. The standard InChI is InChI=1S/C20H26FN3O3/c1-3-24-18(26)9-8-16(19(24)15-6-4-5-7-17(15)21)20(27)23-12-10-22(11-13-23)14(2)25/h4-7,16,19H,3,8-13H2,1-2H3/t16-,19+/m1/s1. The topological polar surface area (TPSA) is 60.9 Å². The predicted octanol–water partition coefficient (Wildman–Crippen LogP) is 1.82. The molecule has 0 N–H and O–H groups in total. The van der Waals surface area contributed by atoms with Crippen LogP contribution in [0.4, 0.5) is 4.39 Å². The smallest absolute Gasteiger partial charge is 0.228 e. The molecule has 0 radical (unpaired) electrons. The monoisotopic (exact) mass is 375 g/mol. The number of benzene rings is 1. The quantitative estimate of drug-likeness (QED) is 0.810. The molecular weight excluding hydrogens is 349 g/mol. The van der Waals surface area contributed by atoms with E-state index in [2.05, 4.69) is 0 Å². The minimum Gasteiger partial charge on any atom is -0.339 e. The predicted molar refractivity (Wildman–Crippen MR) is 98.1 cm³/mol. The van der Waals surface area contributed by atoms with Gasteiger partial charge in [0.25, 0.3) is 0 Å². The Labute approximate surface area is 158 Å². The summed E-state index contributed by atoms with van der Waals surface area (Å²) in [7, 11) is 0. The Morgan fingerprint density at radius 1 is 1.11 bits per heavy atom. The van der Waals surface area contributed by atoms with Crippen LogP contribution in [0, 0.1) is 11.7 Å². The zero-order chi connectivity index (χ0) is 19.6. The number of piperidine rings is 1. The van der Waals surface area contributed by atoms with Gasteiger partial charge in [-0.2, -0.15) is 0 Å². The fourth-order valence-electron chi connectivity index (χ4n) is 4.16. The van der Waals surface area contributed by atoms with Gasteiger partial charge in [0.1, 0.15) is 5.82 Å². The Morgan fingerprint density at radius 3 is 2.33 bits per heavy atom. The second-order valence-corrected chi connectivity index (χ2v) is 7.12. The van der Waals surface area contributed by atoms with Crippen LogP contribution in [0.15, 0.2) is 24.3 Å². The number of likely N-dealkylation sites (tertiary alicyclic amines) is 1. The Kier molecular flexibility index (Phi) is 5.77. The third-order valence-corrected chi connectivity index (χ3v) is 5.62. The number of amides is 3. The van der Waals surface area contributed by atoms with E-state index in [1.807, 2.05) is 6.92 Å². The van der Waals surface area contributed by atoms with Crippen LogP contribution in [-0.4, -0.2) is 65.1 Å². The molecule has 3 amide bonds. The molecular formula is C20H26FN3O3. The van der Waals surface area contributed by atoms with E-state index in [0.717, 1.165) is 0 Å². The van der Waals surface area contributed by atoms with Crippen LogP contribution >= 0.6 is 0 Å². The molecule has 0 aromatic heterocycles. The van der Waals surface area contributed by atoms with Crippen molar-refractivity contribution in [2.45, 2.75) is 32.7 Å². The molecule has 0 saturated carbocycles. The van der Waals surface area contributed by atoms with Crippen LogP contribution in [0.25, 0.3) is 0 Å². The zero-order valence-electron chi connectivity index (χ0n) is 15.9. The average molecular weight is 375 g/mol. The van der Waals surface area contributed by atoms with Gasteiger partial charge in [-0.1, -0.05) is 18.2 Å². The summed E-state index contributed by atoms with van der Waals surface area (Å²) in [5, 5.41) is 0. The van der Waals surface area contributed by atoms with Gasteiger partial charge in [-0.15, -0.1) is 0 Å². The maximum Gasteiger partial charge on any atom is 0.228 e. The highest BCUT2D eigenvalue weighted by Gasteiger charge is 2.42. The summed E-state index contributed by atoms with van der Waals surface area (Å²) in [5.41, 5.74) is 0.396. The lowest BCUT2D eigenvalue weighted by atomic mass is 9.83. The van der Waals surface area contributed by atoms with Gasteiger partial charge in [0, 0.05) is 51.6 Å². The summed E-state index contributed by atoms with van der Waals surface area (Å²) in [6.07, 6.45) is 0.711. The number of rotatable bonds is 3. The van der Waals surface area contributed by atoms with Crippen LogP contribution in [0.3, 0.4) is 0 Å². The van der Waals surface area contributed by atoms with Crippen molar-refractivity contribution >= 4 is 17.7 Å². The highest BCUT2D eigenvalue weighted by Crippen LogP contribution is 2.38. The maximum absolute atomic E-state index is 14.5. The summed E-state index contributed by atoms with van der Waals surface area (Å²) < 4.78 is 14.5. The number of piperazine rings is 1. The molecule has 2 atom stereocenters. The minimum atomic E-state index is -0.587. The molecule has 2 aliphatic rings. The molecule has 1 aromatic rings. The van der Waals surface area contributed by atoms with Gasteiger partial charge < -0.3 is 14.7 Å². The van der Waals surface area contributed by atoms with E-state index in [1.54, 1.807) is 32.9 Å². The molecule has 3 rings (SSSR count). The van der Waals surface area contributed by atoms with Crippen molar-refractivity contribution in [3.63, 3.8) is 0 Å². The van der Waals surface area contributed by atoms with Crippen molar-refractivity contribution < 1.29 is 18.8 Å². The van der Waals surface area contributed by atoms with Crippen molar-refractivity contribution in [2.75, 3.05) is 32.7 Å². The summed E-state index contributed by atoms with van der Waals surface area (Å²) in [4.78, 5) is 42.3. The summed E-state index contributed by atoms with van der Waals surface area (Å²) in [6.45, 7) is 5.77. The molecule has 2 saturated heterocycles. The molecule has 146 valence electrons. The molecule has 0 aliphatic carbocycles. The first-order valence-electron chi connectivity index (χ1n) is 9.52. The Bertz CT molecular complexity index is 731. The number of hydrogen-bond donors (Lipinski definition) is 0. The Morgan fingerprint density at radius 2 is 1.74 bits per heavy atom. The Balaban J connectivity index is 1.85. The van der Waals surface area contributed by atoms with E-state index >= 15 is 0 Å². The fraction of sp³-hybridized carbons (Fsp3) is 0.550. The van der Waals surface area contributed by atoms with E-state index in [9.17, 15) is 18.8 Å². The van der Waals surface area contributed by atoms with E-state index in [4.69, 9.17) is 0 Å². The lowest BCUT2D eigenvalue weighted by Crippen LogP contribution is -2.54. The van der Waals surface area contributed by atoms with Gasteiger partial charge >= 0.3 is 0 Å². The van der Waals surface area contributed by atoms with Gasteiger partial charge in [-0.05, 0) is 19.4 Å². The minimum absolute atomic E-state index is 0.00625. The molecule has 7 heteroatoms. The average Bonchev–Trinajstić information content (AvgIpc) is 2.67. The van der Waals surface area contributed by atoms with Gasteiger partial charge in [0.2, 0.25) is 17.7 Å². The van der Waals surface area contributed by atoms with Crippen LogP contribution in [0.2, 0.25) is 0 Å². The summed E-state index contributed by atoms with van der Waals surface area (Å²) in [6, 6.07) is 5.79. The normalized spacial score (nSPS) is 23.5. The van der Waals surface area contributed by atoms with Crippen molar-refractivity contribution in [1.82, 2.24) is 14.7 Å². The van der Waals surface area contributed by atoms with Crippen molar-refractivity contribution in [3.05, 3.63) is 35.6 Å². The first kappa shape index (κ1) is 19.3. The van der Waals surface area contributed by atoms with E-state index < -0.39 is 17.8 Å². The first-order chi connectivity index (χ1) is 12.9. The van der Waals surface area contributed by atoms with E-state index in [1.165, 1.54) is 13.0 Å². The SMILES string of the molecule is CCN1C(=O)CC[C@@H](C(=O)N2CCN(C(C)=O)CC2)[C@@H]1c1ccccc1F. The van der Waals surface area contributed by atoms with E-state index in [-0.39, 0.29) is 17.7 Å². The third-order valence-electron chi connectivity index (χ3n) is 5.62. The second kappa shape index (κ2) is 8.06. The van der Waals surface area contributed by atoms with Crippen LogP contribution in [0.1, 0.15) is 38.3 Å². The number of hydrogen-bond acceptors (Lipinski definition) is 3. The van der Waals surface area contributed by atoms with Gasteiger partial charge in [-0.25, -0.2) is 4.39 Å². The highest BCUT2D eigenvalue weighted by molar-refractivity contribution is 5.85. The van der Waals surface area contributed by atoms with Crippen LogP contribution < -0.4 is 0 Å². The molecule has 2 heterocycles. The lowest BCUT2D eigenvalue weighted by Gasteiger charge is -2.43. The van der Waals surface area contributed by atoms with Crippen molar-refractivity contribution in [1.29, 1.82) is 0 Å². The fourth-order valence-corrected chi connectivity index (χ4v) is 4.16. The maximum atomic E-state index is 14.5. The molecule has 0 spiro atoms. The number of halogens is 1. The first-order valence-corrected chi connectivity index (χ1v) is 9.52. The largest absolute Gasteiger partial charge is 0.339 e. The summed E-state index contributed by atoms with van der Waals surface area (Å²) in [5.74, 6) is -0.960. The van der Waals surface area contributed by atoms with Gasteiger partial charge in [0.05, 0.1) is 12.0 Å². The van der Waals surface area contributed by atoms with Crippen LogP contribution in [0.5, 0.6) is 0 Å². The molecule has 0 unspecified atom stereocenters.